The number of ether oxygens (including phenoxy) is 1. The lowest BCUT2D eigenvalue weighted by Crippen LogP contribution is -2.32. The van der Waals surface area contributed by atoms with E-state index in [0.717, 1.165) is 30.1 Å². The van der Waals surface area contributed by atoms with Crippen molar-refractivity contribution in [3.05, 3.63) is 23.8 Å². The van der Waals surface area contributed by atoms with Crippen LogP contribution in [0.15, 0.2) is 18.2 Å². The SMILES string of the molecule is COc1cccc(N(C)CCN2CCCC2)c1[C@@H](C)O. The van der Waals surface area contributed by atoms with Crippen molar-refractivity contribution in [2.24, 2.45) is 0 Å². The zero-order chi connectivity index (χ0) is 14.5. The van der Waals surface area contributed by atoms with E-state index in [-0.39, 0.29) is 0 Å². The van der Waals surface area contributed by atoms with Crippen molar-refractivity contribution < 1.29 is 9.84 Å². The second kappa shape index (κ2) is 6.95. The van der Waals surface area contributed by atoms with Crippen LogP contribution in [0.2, 0.25) is 0 Å². The second-order valence-electron chi connectivity index (χ2n) is 5.54. The van der Waals surface area contributed by atoms with E-state index in [1.807, 2.05) is 12.1 Å². The lowest BCUT2D eigenvalue weighted by Gasteiger charge is -2.27. The van der Waals surface area contributed by atoms with Crippen LogP contribution in [0.1, 0.15) is 31.4 Å². The van der Waals surface area contributed by atoms with Gasteiger partial charge in [-0.25, -0.2) is 0 Å². The van der Waals surface area contributed by atoms with Crippen molar-refractivity contribution in [1.82, 2.24) is 4.90 Å². The quantitative estimate of drug-likeness (QED) is 0.866. The van der Waals surface area contributed by atoms with Crippen LogP contribution in [-0.2, 0) is 0 Å². The molecule has 1 atom stereocenters. The number of likely N-dealkylation sites (tertiary alicyclic amines) is 1. The monoisotopic (exact) mass is 278 g/mol. The van der Waals surface area contributed by atoms with Gasteiger partial charge >= 0.3 is 0 Å². The molecule has 2 rings (SSSR count). The summed E-state index contributed by atoms with van der Waals surface area (Å²) < 4.78 is 5.38. The Morgan fingerprint density at radius 3 is 2.65 bits per heavy atom. The molecule has 112 valence electrons. The molecule has 0 unspecified atom stereocenters. The maximum atomic E-state index is 10.0. The molecule has 4 nitrogen and oxygen atoms in total. The van der Waals surface area contributed by atoms with Crippen molar-refractivity contribution in [3.8, 4) is 5.75 Å². The summed E-state index contributed by atoms with van der Waals surface area (Å²) in [6.07, 6.45) is 2.11. The fourth-order valence-electron chi connectivity index (χ4n) is 2.88. The second-order valence-corrected chi connectivity index (χ2v) is 5.54. The van der Waals surface area contributed by atoms with Gasteiger partial charge in [0.1, 0.15) is 5.75 Å². The summed E-state index contributed by atoms with van der Waals surface area (Å²) in [7, 11) is 3.73. The van der Waals surface area contributed by atoms with Gasteiger partial charge in [-0.05, 0) is 45.0 Å². The van der Waals surface area contributed by atoms with E-state index >= 15 is 0 Å². The van der Waals surface area contributed by atoms with E-state index in [0.29, 0.717) is 0 Å². The highest BCUT2D eigenvalue weighted by atomic mass is 16.5. The largest absolute Gasteiger partial charge is 0.496 e. The van der Waals surface area contributed by atoms with Crippen molar-refractivity contribution >= 4 is 5.69 Å². The van der Waals surface area contributed by atoms with Gasteiger partial charge in [-0.3, -0.25) is 0 Å². The number of rotatable bonds is 6. The minimum absolute atomic E-state index is 0.532. The maximum absolute atomic E-state index is 10.0. The number of anilines is 1. The van der Waals surface area contributed by atoms with Gasteiger partial charge in [0.15, 0.2) is 0 Å². The van der Waals surface area contributed by atoms with Crippen LogP contribution in [0.3, 0.4) is 0 Å². The molecule has 1 saturated heterocycles. The first kappa shape index (κ1) is 15.1. The Hall–Kier alpha value is -1.26. The highest BCUT2D eigenvalue weighted by molar-refractivity contribution is 5.60. The molecule has 4 heteroatoms. The van der Waals surface area contributed by atoms with Crippen molar-refractivity contribution in [1.29, 1.82) is 0 Å². The van der Waals surface area contributed by atoms with Crippen LogP contribution in [0.25, 0.3) is 0 Å². The Morgan fingerprint density at radius 2 is 2.05 bits per heavy atom. The molecule has 1 aromatic carbocycles. The molecule has 0 saturated carbocycles. The summed E-state index contributed by atoms with van der Waals surface area (Å²) in [5.41, 5.74) is 1.93. The van der Waals surface area contributed by atoms with E-state index in [4.69, 9.17) is 4.74 Å². The Labute approximate surface area is 122 Å². The number of nitrogens with zero attached hydrogens (tertiary/aromatic N) is 2. The summed E-state index contributed by atoms with van der Waals surface area (Å²) >= 11 is 0. The Kier molecular flexibility index (Phi) is 5.26. The van der Waals surface area contributed by atoms with Gasteiger partial charge in [0, 0.05) is 31.4 Å². The summed E-state index contributed by atoms with van der Waals surface area (Å²) in [5, 5.41) is 10.0. The van der Waals surface area contributed by atoms with Gasteiger partial charge in [-0.2, -0.15) is 0 Å². The molecule has 0 spiro atoms. The molecule has 1 N–H and O–H groups in total. The third-order valence-corrected chi connectivity index (χ3v) is 4.04. The van der Waals surface area contributed by atoms with E-state index < -0.39 is 6.10 Å². The molecular formula is C16H26N2O2. The van der Waals surface area contributed by atoms with Gasteiger partial charge in [-0.15, -0.1) is 0 Å². The van der Waals surface area contributed by atoms with E-state index in [1.54, 1.807) is 14.0 Å². The van der Waals surface area contributed by atoms with Crippen LogP contribution in [0.5, 0.6) is 5.75 Å². The summed E-state index contributed by atoms with van der Waals surface area (Å²) in [5.74, 6) is 0.755. The summed E-state index contributed by atoms with van der Waals surface area (Å²) in [6, 6.07) is 5.93. The average Bonchev–Trinajstić information content (AvgIpc) is 2.96. The summed E-state index contributed by atoms with van der Waals surface area (Å²) in [4.78, 5) is 4.71. The number of aliphatic hydroxyl groups excluding tert-OH is 1. The normalized spacial score (nSPS) is 17.2. The molecule has 1 fully saturated rings. The van der Waals surface area contributed by atoms with Crippen molar-refractivity contribution in [2.75, 3.05) is 45.2 Å². The zero-order valence-corrected chi connectivity index (χ0v) is 12.8. The van der Waals surface area contributed by atoms with Gasteiger partial charge in [-0.1, -0.05) is 6.07 Å². The third kappa shape index (κ3) is 3.44. The van der Waals surface area contributed by atoms with Crippen LogP contribution < -0.4 is 9.64 Å². The highest BCUT2D eigenvalue weighted by Crippen LogP contribution is 2.34. The molecule has 0 aliphatic carbocycles. The first-order valence-electron chi connectivity index (χ1n) is 7.42. The number of hydrogen-bond donors (Lipinski definition) is 1. The zero-order valence-electron chi connectivity index (χ0n) is 12.8. The molecule has 1 heterocycles. The molecule has 20 heavy (non-hydrogen) atoms. The Balaban J connectivity index is 2.09. The fourth-order valence-corrected chi connectivity index (χ4v) is 2.88. The minimum atomic E-state index is -0.532. The first-order chi connectivity index (χ1) is 9.63. The highest BCUT2D eigenvalue weighted by Gasteiger charge is 2.18. The predicted molar refractivity (Wildman–Crippen MR) is 82.6 cm³/mol. The maximum Gasteiger partial charge on any atom is 0.126 e. The Morgan fingerprint density at radius 1 is 1.35 bits per heavy atom. The molecule has 0 aromatic heterocycles. The number of hydrogen-bond acceptors (Lipinski definition) is 4. The molecule has 0 radical (unpaired) electrons. The summed E-state index contributed by atoms with van der Waals surface area (Å²) in [6.45, 7) is 6.26. The third-order valence-electron chi connectivity index (χ3n) is 4.04. The number of likely N-dealkylation sites (N-methyl/N-ethyl adjacent to an activating group) is 1. The molecule has 1 aliphatic rings. The van der Waals surface area contributed by atoms with Crippen LogP contribution in [0, 0.1) is 0 Å². The number of methoxy groups -OCH3 is 1. The Bertz CT molecular complexity index is 428. The van der Waals surface area contributed by atoms with E-state index in [9.17, 15) is 5.11 Å². The van der Waals surface area contributed by atoms with E-state index in [2.05, 4.69) is 22.9 Å². The average molecular weight is 278 g/mol. The molecule has 0 amide bonds. The first-order valence-corrected chi connectivity index (χ1v) is 7.42. The fraction of sp³-hybridized carbons (Fsp3) is 0.625. The lowest BCUT2D eigenvalue weighted by molar-refractivity contribution is 0.194. The number of benzene rings is 1. The lowest BCUT2D eigenvalue weighted by atomic mass is 10.1. The van der Waals surface area contributed by atoms with Gasteiger partial charge < -0.3 is 19.6 Å². The minimum Gasteiger partial charge on any atom is -0.496 e. The van der Waals surface area contributed by atoms with Gasteiger partial charge in [0.2, 0.25) is 0 Å². The van der Waals surface area contributed by atoms with Crippen LogP contribution in [0.4, 0.5) is 5.69 Å². The standard InChI is InChI=1S/C16H26N2O2/c1-13(19)16-14(7-6-8-15(16)20-3)17(2)11-12-18-9-4-5-10-18/h6-8,13,19H,4-5,9-12H2,1-3H3/t13-/m1/s1. The van der Waals surface area contributed by atoms with Crippen LogP contribution in [-0.4, -0.2) is 50.3 Å². The van der Waals surface area contributed by atoms with Crippen LogP contribution >= 0.6 is 0 Å². The number of aliphatic hydroxyl groups is 1. The van der Waals surface area contributed by atoms with E-state index in [1.165, 1.54) is 25.9 Å². The topological polar surface area (TPSA) is 35.9 Å². The van der Waals surface area contributed by atoms with Crippen molar-refractivity contribution in [2.45, 2.75) is 25.9 Å². The molecule has 1 aromatic rings. The molecular weight excluding hydrogens is 252 g/mol. The predicted octanol–water partition coefficient (Wildman–Crippen LogP) is 2.28. The molecule has 1 aliphatic heterocycles. The molecule has 0 bridgehead atoms. The smallest absolute Gasteiger partial charge is 0.126 e. The van der Waals surface area contributed by atoms with Gasteiger partial charge in [0.25, 0.3) is 0 Å². The van der Waals surface area contributed by atoms with Crippen molar-refractivity contribution in [3.63, 3.8) is 0 Å². The van der Waals surface area contributed by atoms with Gasteiger partial charge in [0.05, 0.1) is 13.2 Å².